The Morgan fingerprint density at radius 3 is 2.87 bits per heavy atom. The summed E-state index contributed by atoms with van der Waals surface area (Å²) in [5, 5.41) is 4.04. The zero-order valence-corrected chi connectivity index (χ0v) is 9.23. The zero-order chi connectivity index (χ0) is 11.4. The van der Waals surface area contributed by atoms with Crippen molar-refractivity contribution in [1.82, 2.24) is 14.7 Å². The molecule has 0 atom stereocenters. The van der Waals surface area contributed by atoms with E-state index in [0.29, 0.717) is 12.2 Å². The molecule has 6 heteroatoms. The Balaban J connectivity index is 2.72. The van der Waals surface area contributed by atoms with E-state index in [1.54, 1.807) is 10.9 Å². The third-order valence-electron chi connectivity index (χ3n) is 1.95. The number of carbonyl (C=O) groups is 1. The molecule has 15 heavy (non-hydrogen) atoms. The summed E-state index contributed by atoms with van der Waals surface area (Å²) in [5.74, 6) is -0.504. The van der Waals surface area contributed by atoms with Crippen LogP contribution in [0.25, 0.3) is 0 Å². The van der Waals surface area contributed by atoms with E-state index in [-0.39, 0.29) is 5.69 Å². The van der Waals surface area contributed by atoms with Crippen molar-refractivity contribution in [3.63, 3.8) is 0 Å². The molecule has 0 bridgehead atoms. The van der Waals surface area contributed by atoms with E-state index in [2.05, 4.69) is 9.84 Å². The first-order valence-corrected chi connectivity index (χ1v) is 4.60. The minimum Gasteiger partial charge on any atom is -0.464 e. The van der Waals surface area contributed by atoms with E-state index < -0.39 is 5.97 Å². The molecule has 1 heterocycles. The molecule has 1 rings (SSSR count). The van der Waals surface area contributed by atoms with Crippen molar-refractivity contribution in [2.75, 3.05) is 33.5 Å². The molecule has 0 saturated heterocycles. The Hall–Kier alpha value is -1.56. The largest absolute Gasteiger partial charge is 0.464 e. The van der Waals surface area contributed by atoms with Crippen LogP contribution in [0.4, 0.5) is 5.69 Å². The molecule has 1 aromatic heterocycles. The molecule has 0 aromatic carbocycles. The van der Waals surface area contributed by atoms with Gasteiger partial charge in [0.05, 0.1) is 19.3 Å². The fourth-order valence-electron chi connectivity index (χ4n) is 1.11. The van der Waals surface area contributed by atoms with Gasteiger partial charge in [0.1, 0.15) is 0 Å². The second kappa shape index (κ2) is 4.79. The number of esters is 1. The summed E-state index contributed by atoms with van der Waals surface area (Å²) in [6.45, 7) is 1.52. The van der Waals surface area contributed by atoms with Gasteiger partial charge in [-0.2, -0.15) is 5.10 Å². The highest BCUT2D eigenvalue weighted by Crippen LogP contribution is 2.09. The van der Waals surface area contributed by atoms with Gasteiger partial charge in [0, 0.05) is 12.7 Å². The van der Waals surface area contributed by atoms with E-state index in [9.17, 15) is 4.79 Å². The standard InChI is InChI=1S/C9H16N4O2/c1-12(2)4-5-13-6-7(10)8(11-13)9(14)15-3/h6H,4-5,10H2,1-3H3. The molecule has 0 aliphatic carbocycles. The van der Waals surface area contributed by atoms with Crippen molar-refractivity contribution < 1.29 is 9.53 Å². The van der Waals surface area contributed by atoms with Crippen LogP contribution in [0.5, 0.6) is 0 Å². The highest BCUT2D eigenvalue weighted by Gasteiger charge is 2.14. The Morgan fingerprint density at radius 1 is 1.67 bits per heavy atom. The lowest BCUT2D eigenvalue weighted by Gasteiger charge is -2.08. The number of ether oxygens (including phenoxy) is 1. The number of nitrogen functional groups attached to an aromatic ring is 1. The molecule has 0 radical (unpaired) electrons. The SMILES string of the molecule is COC(=O)c1nn(CCN(C)C)cc1N. The molecule has 6 nitrogen and oxygen atoms in total. The number of nitrogens with zero attached hydrogens (tertiary/aromatic N) is 3. The summed E-state index contributed by atoms with van der Waals surface area (Å²) in [4.78, 5) is 13.2. The molecular formula is C9H16N4O2. The Kier molecular flexibility index (Phi) is 3.68. The lowest BCUT2D eigenvalue weighted by Crippen LogP contribution is -2.19. The molecule has 0 unspecified atom stereocenters. The summed E-state index contributed by atoms with van der Waals surface area (Å²) in [5.41, 5.74) is 6.15. The van der Waals surface area contributed by atoms with Gasteiger partial charge in [0.2, 0.25) is 0 Å². The summed E-state index contributed by atoms with van der Waals surface area (Å²) < 4.78 is 6.19. The number of nitrogens with two attached hydrogens (primary N) is 1. The maximum atomic E-state index is 11.2. The van der Waals surface area contributed by atoms with E-state index in [0.717, 1.165) is 6.54 Å². The minimum absolute atomic E-state index is 0.177. The summed E-state index contributed by atoms with van der Waals surface area (Å²) >= 11 is 0. The molecule has 84 valence electrons. The molecule has 0 spiro atoms. The number of rotatable bonds is 4. The third-order valence-corrected chi connectivity index (χ3v) is 1.95. The zero-order valence-electron chi connectivity index (χ0n) is 9.23. The number of carbonyl (C=O) groups excluding carboxylic acids is 1. The number of aromatic nitrogens is 2. The number of hydrogen-bond donors (Lipinski definition) is 1. The van der Waals surface area contributed by atoms with Crippen LogP contribution in [-0.2, 0) is 11.3 Å². The van der Waals surface area contributed by atoms with E-state index in [1.807, 2.05) is 19.0 Å². The van der Waals surface area contributed by atoms with Gasteiger partial charge in [0.15, 0.2) is 5.69 Å². The van der Waals surface area contributed by atoms with Crippen LogP contribution >= 0.6 is 0 Å². The fourth-order valence-corrected chi connectivity index (χ4v) is 1.11. The van der Waals surface area contributed by atoms with Crippen molar-refractivity contribution in [2.45, 2.75) is 6.54 Å². The average molecular weight is 212 g/mol. The third kappa shape index (κ3) is 2.95. The van der Waals surface area contributed by atoms with Gasteiger partial charge >= 0.3 is 5.97 Å². The van der Waals surface area contributed by atoms with Crippen molar-refractivity contribution >= 4 is 11.7 Å². The van der Waals surface area contributed by atoms with Crippen LogP contribution in [-0.4, -0.2) is 48.4 Å². The van der Waals surface area contributed by atoms with Crippen LogP contribution < -0.4 is 5.73 Å². The normalized spacial score (nSPS) is 10.7. The summed E-state index contributed by atoms with van der Waals surface area (Å²) in [7, 11) is 5.24. The van der Waals surface area contributed by atoms with Crippen LogP contribution in [0.15, 0.2) is 6.20 Å². The second-order valence-electron chi connectivity index (χ2n) is 3.49. The topological polar surface area (TPSA) is 73.4 Å². The number of anilines is 1. The van der Waals surface area contributed by atoms with Gasteiger partial charge in [-0.3, -0.25) is 4.68 Å². The highest BCUT2D eigenvalue weighted by molar-refractivity contribution is 5.92. The van der Waals surface area contributed by atoms with Crippen LogP contribution in [0.3, 0.4) is 0 Å². The summed E-state index contributed by atoms with van der Waals surface area (Å²) in [6, 6.07) is 0. The molecule has 0 amide bonds. The molecule has 0 aliphatic heterocycles. The Bertz CT molecular complexity index is 346. The predicted octanol–water partition coefficient (Wildman–Crippen LogP) is -0.186. The highest BCUT2D eigenvalue weighted by atomic mass is 16.5. The first kappa shape index (κ1) is 11.5. The van der Waals surface area contributed by atoms with Gasteiger partial charge < -0.3 is 15.4 Å². The number of hydrogen-bond acceptors (Lipinski definition) is 5. The second-order valence-corrected chi connectivity index (χ2v) is 3.49. The fraction of sp³-hybridized carbons (Fsp3) is 0.556. The van der Waals surface area contributed by atoms with Crippen LogP contribution in [0, 0.1) is 0 Å². The number of likely N-dealkylation sites (N-methyl/N-ethyl adjacent to an activating group) is 1. The van der Waals surface area contributed by atoms with Gasteiger partial charge in [-0.05, 0) is 14.1 Å². The van der Waals surface area contributed by atoms with Gasteiger partial charge in [-0.15, -0.1) is 0 Å². The minimum atomic E-state index is -0.504. The average Bonchev–Trinajstić information content (AvgIpc) is 2.55. The lowest BCUT2D eigenvalue weighted by atomic mass is 10.4. The first-order valence-electron chi connectivity index (χ1n) is 4.60. The molecule has 0 saturated carbocycles. The van der Waals surface area contributed by atoms with Crippen LogP contribution in [0.1, 0.15) is 10.5 Å². The van der Waals surface area contributed by atoms with E-state index >= 15 is 0 Å². The van der Waals surface area contributed by atoms with Crippen LogP contribution in [0.2, 0.25) is 0 Å². The monoisotopic (exact) mass is 212 g/mol. The van der Waals surface area contributed by atoms with Gasteiger partial charge in [0.25, 0.3) is 0 Å². The Labute approximate surface area is 88.6 Å². The van der Waals surface area contributed by atoms with E-state index in [1.165, 1.54) is 7.11 Å². The molecular weight excluding hydrogens is 196 g/mol. The molecule has 1 aromatic rings. The molecule has 0 aliphatic rings. The Morgan fingerprint density at radius 2 is 2.33 bits per heavy atom. The first-order chi connectivity index (χ1) is 7.04. The molecule has 2 N–H and O–H groups in total. The van der Waals surface area contributed by atoms with Crippen molar-refractivity contribution in [2.24, 2.45) is 0 Å². The number of methoxy groups -OCH3 is 1. The van der Waals surface area contributed by atoms with Crippen molar-refractivity contribution in [3.05, 3.63) is 11.9 Å². The van der Waals surface area contributed by atoms with Crippen molar-refractivity contribution in [3.8, 4) is 0 Å². The quantitative estimate of drug-likeness (QED) is 0.700. The van der Waals surface area contributed by atoms with Gasteiger partial charge in [-0.25, -0.2) is 4.79 Å². The van der Waals surface area contributed by atoms with Crippen molar-refractivity contribution in [1.29, 1.82) is 0 Å². The molecule has 0 fully saturated rings. The van der Waals surface area contributed by atoms with E-state index in [4.69, 9.17) is 5.73 Å². The van der Waals surface area contributed by atoms with Gasteiger partial charge in [-0.1, -0.05) is 0 Å². The lowest BCUT2D eigenvalue weighted by molar-refractivity contribution is 0.0594. The maximum Gasteiger partial charge on any atom is 0.360 e. The summed E-state index contributed by atoms with van der Waals surface area (Å²) in [6.07, 6.45) is 1.63. The predicted molar refractivity (Wildman–Crippen MR) is 56.5 cm³/mol. The maximum absolute atomic E-state index is 11.2. The smallest absolute Gasteiger partial charge is 0.360 e.